The summed E-state index contributed by atoms with van der Waals surface area (Å²) in [4.78, 5) is 7.72. The molecule has 2 aliphatic heterocycles. The molecule has 1 saturated heterocycles. The predicted molar refractivity (Wildman–Crippen MR) is 122 cm³/mol. The number of aromatic nitrogens is 2. The summed E-state index contributed by atoms with van der Waals surface area (Å²) in [5.74, 6) is 1.22. The van der Waals surface area contributed by atoms with Crippen molar-refractivity contribution < 1.29 is 4.74 Å². The van der Waals surface area contributed by atoms with Crippen molar-refractivity contribution in [2.75, 3.05) is 38.2 Å². The molecule has 0 saturated carbocycles. The van der Waals surface area contributed by atoms with Crippen molar-refractivity contribution in [1.82, 2.24) is 14.5 Å². The van der Waals surface area contributed by atoms with Crippen LogP contribution >= 0.6 is 0 Å². The van der Waals surface area contributed by atoms with Crippen LogP contribution < -0.4 is 5.32 Å². The maximum Gasteiger partial charge on any atom is 0.110 e. The smallest absolute Gasteiger partial charge is 0.110 e. The van der Waals surface area contributed by atoms with E-state index in [9.17, 15) is 0 Å². The Hall–Kier alpha value is -2.37. The van der Waals surface area contributed by atoms with Crippen LogP contribution in [0.4, 0.5) is 5.69 Å². The summed E-state index contributed by atoms with van der Waals surface area (Å²) >= 11 is 0. The summed E-state index contributed by atoms with van der Waals surface area (Å²) in [5, 5.41) is 3.65. The first-order valence-electron chi connectivity index (χ1n) is 11.4. The quantitative estimate of drug-likeness (QED) is 0.677. The summed E-state index contributed by atoms with van der Waals surface area (Å²) < 4.78 is 8.00. The molecule has 0 amide bonds. The number of fused-ring (bicyclic) bond motifs is 3. The number of ether oxygens (including phenoxy) is 1. The summed E-state index contributed by atoms with van der Waals surface area (Å²) in [7, 11) is 0. The largest absolute Gasteiger partial charge is 0.382 e. The molecule has 5 rings (SSSR count). The number of hydrogen-bond donors (Lipinski definition) is 1. The van der Waals surface area contributed by atoms with Crippen LogP contribution in [0.25, 0.3) is 11.0 Å². The second-order valence-corrected chi connectivity index (χ2v) is 8.66. The monoisotopic (exact) mass is 404 g/mol. The van der Waals surface area contributed by atoms with Gasteiger partial charge in [-0.3, -0.25) is 4.90 Å². The Morgan fingerprint density at radius 2 is 1.87 bits per heavy atom. The molecule has 1 atom stereocenters. The molecule has 0 unspecified atom stereocenters. The standard InChI is InChI=1S/C25H32N4O/c1-19-7-9-21-22(26-19)10-11-23-25(21)27-24(12-8-20-5-3-2-4-6-20)29(23)14-13-28-15-17-30-18-16-28/h2-6,10-11,19,26H,7-9,12-18H2,1H3/t19-/m0/s1. The second kappa shape index (κ2) is 8.78. The number of rotatable bonds is 6. The van der Waals surface area contributed by atoms with Gasteiger partial charge in [0.05, 0.1) is 24.2 Å². The van der Waals surface area contributed by atoms with E-state index in [1.54, 1.807) is 0 Å². The fourth-order valence-electron chi connectivity index (χ4n) is 4.79. The third-order valence-corrected chi connectivity index (χ3v) is 6.56. The van der Waals surface area contributed by atoms with Crippen molar-refractivity contribution in [1.29, 1.82) is 0 Å². The summed E-state index contributed by atoms with van der Waals surface area (Å²) in [6.45, 7) is 8.07. The van der Waals surface area contributed by atoms with E-state index in [1.807, 2.05) is 0 Å². The molecule has 0 spiro atoms. The normalized spacial score (nSPS) is 19.6. The number of anilines is 1. The third kappa shape index (κ3) is 4.09. The first kappa shape index (κ1) is 19.6. The minimum Gasteiger partial charge on any atom is -0.382 e. The zero-order chi connectivity index (χ0) is 20.3. The lowest BCUT2D eigenvalue weighted by Gasteiger charge is -2.27. The summed E-state index contributed by atoms with van der Waals surface area (Å²) in [6.07, 6.45) is 4.28. The molecule has 158 valence electrons. The summed E-state index contributed by atoms with van der Waals surface area (Å²) in [5.41, 5.74) is 6.55. The average Bonchev–Trinajstić information content (AvgIpc) is 3.15. The number of morpholine rings is 1. The van der Waals surface area contributed by atoms with E-state index in [1.165, 1.54) is 40.1 Å². The molecule has 3 heterocycles. The van der Waals surface area contributed by atoms with Gasteiger partial charge in [0.25, 0.3) is 0 Å². The Kier molecular flexibility index (Phi) is 5.73. The van der Waals surface area contributed by atoms with E-state index in [2.05, 4.69) is 64.2 Å². The molecule has 0 bridgehead atoms. The molecule has 0 aliphatic carbocycles. The minimum absolute atomic E-state index is 0.538. The van der Waals surface area contributed by atoms with Crippen LogP contribution in [0.15, 0.2) is 42.5 Å². The molecular formula is C25H32N4O. The van der Waals surface area contributed by atoms with Crippen molar-refractivity contribution in [3.63, 3.8) is 0 Å². The average molecular weight is 405 g/mol. The van der Waals surface area contributed by atoms with Crippen LogP contribution in [-0.2, 0) is 30.5 Å². The lowest BCUT2D eigenvalue weighted by molar-refractivity contribution is 0.0364. The van der Waals surface area contributed by atoms with Gasteiger partial charge in [0, 0.05) is 49.9 Å². The molecule has 1 N–H and O–H groups in total. The Morgan fingerprint density at radius 1 is 1.03 bits per heavy atom. The molecule has 2 aromatic carbocycles. The van der Waals surface area contributed by atoms with Crippen molar-refractivity contribution in [3.8, 4) is 0 Å². The Bertz CT molecular complexity index is 991. The zero-order valence-corrected chi connectivity index (χ0v) is 17.9. The lowest BCUT2D eigenvalue weighted by Crippen LogP contribution is -2.38. The topological polar surface area (TPSA) is 42.3 Å². The lowest BCUT2D eigenvalue weighted by atomic mass is 9.98. The van der Waals surface area contributed by atoms with Gasteiger partial charge >= 0.3 is 0 Å². The van der Waals surface area contributed by atoms with Crippen molar-refractivity contribution in [2.24, 2.45) is 0 Å². The van der Waals surface area contributed by atoms with Crippen LogP contribution in [0.2, 0.25) is 0 Å². The highest BCUT2D eigenvalue weighted by Crippen LogP contribution is 2.32. The Balaban J connectivity index is 1.45. The second-order valence-electron chi connectivity index (χ2n) is 8.66. The maximum atomic E-state index is 5.52. The van der Waals surface area contributed by atoms with Gasteiger partial charge in [-0.05, 0) is 43.9 Å². The van der Waals surface area contributed by atoms with Crippen LogP contribution in [0.3, 0.4) is 0 Å². The van der Waals surface area contributed by atoms with Gasteiger partial charge < -0.3 is 14.6 Å². The molecule has 30 heavy (non-hydrogen) atoms. The number of imidazole rings is 1. The fourth-order valence-corrected chi connectivity index (χ4v) is 4.79. The van der Waals surface area contributed by atoms with Gasteiger partial charge in [0.15, 0.2) is 0 Å². The van der Waals surface area contributed by atoms with E-state index in [-0.39, 0.29) is 0 Å². The molecule has 5 nitrogen and oxygen atoms in total. The molecule has 2 aliphatic rings. The first-order valence-corrected chi connectivity index (χ1v) is 11.4. The minimum atomic E-state index is 0.538. The van der Waals surface area contributed by atoms with E-state index >= 15 is 0 Å². The highest BCUT2D eigenvalue weighted by atomic mass is 16.5. The van der Waals surface area contributed by atoms with Crippen molar-refractivity contribution in [2.45, 2.75) is 45.2 Å². The van der Waals surface area contributed by atoms with Gasteiger partial charge in [0.2, 0.25) is 0 Å². The van der Waals surface area contributed by atoms with E-state index in [0.717, 1.165) is 58.7 Å². The Morgan fingerprint density at radius 3 is 2.70 bits per heavy atom. The molecule has 1 aromatic heterocycles. The van der Waals surface area contributed by atoms with Crippen LogP contribution in [0, 0.1) is 0 Å². The van der Waals surface area contributed by atoms with Gasteiger partial charge in [-0.2, -0.15) is 0 Å². The number of hydrogen-bond acceptors (Lipinski definition) is 4. The van der Waals surface area contributed by atoms with Gasteiger partial charge in [-0.15, -0.1) is 0 Å². The molecule has 0 radical (unpaired) electrons. The van der Waals surface area contributed by atoms with E-state index in [4.69, 9.17) is 9.72 Å². The third-order valence-electron chi connectivity index (χ3n) is 6.56. The zero-order valence-electron chi connectivity index (χ0n) is 17.9. The van der Waals surface area contributed by atoms with Gasteiger partial charge in [-0.1, -0.05) is 30.3 Å². The van der Waals surface area contributed by atoms with Crippen LogP contribution in [0.1, 0.15) is 30.3 Å². The molecule has 3 aromatic rings. The summed E-state index contributed by atoms with van der Waals surface area (Å²) in [6, 6.07) is 15.8. The van der Waals surface area contributed by atoms with Gasteiger partial charge in [-0.25, -0.2) is 4.98 Å². The predicted octanol–water partition coefficient (Wildman–Crippen LogP) is 3.90. The molecule has 5 heteroatoms. The first-order chi connectivity index (χ1) is 14.8. The van der Waals surface area contributed by atoms with Crippen LogP contribution in [-0.4, -0.2) is 53.3 Å². The number of benzene rings is 2. The fraction of sp³-hybridized carbons (Fsp3) is 0.480. The van der Waals surface area contributed by atoms with Crippen LogP contribution in [0.5, 0.6) is 0 Å². The van der Waals surface area contributed by atoms with Crippen molar-refractivity contribution in [3.05, 3.63) is 59.4 Å². The van der Waals surface area contributed by atoms with E-state index < -0.39 is 0 Å². The molecular weight excluding hydrogens is 372 g/mol. The highest BCUT2D eigenvalue weighted by Gasteiger charge is 2.21. The van der Waals surface area contributed by atoms with E-state index in [0.29, 0.717) is 6.04 Å². The number of nitrogens with one attached hydrogen (secondary N) is 1. The van der Waals surface area contributed by atoms with Crippen molar-refractivity contribution >= 4 is 16.7 Å². The maximum absolute atomic E-state index is 5.52. The van der Waals surface area contributed by atoms with Gasteiger partial charge in [0.1, 0.15) is 5.82 Å². The Labute approximate surface area is 179 Å². The number of aryl methyl sites for hydroxylation is 3. The highest BCUT2D eigenvalue weighted by molar-refractivity contribution is 5.86. The number of nitrogens with zero attached hydrogens (tertiary/aromatic N) is 3. The molecule has 1 fully saturated rings. The SMILES string of the molecule is C[C@H]1CCc2c(ccc3c2nc(CCc2ccccc2)n3CCN2CCOCC2)N1.